The van der Waals surface area contributed by atoms with E-state index in [4.69, 9.17) is 33.2 Å². The van der Waals surface area contributed by atoms with Gasteiger partial charge in [-0.3, -0.25) is 4.79 Å². The summed E-state index contributed by atoms with van der Waals surface area (Å²) in [6, 6.07) is 15.1. The van der Waals surface area contributed by atoms with Gasteiger partial charge in [0.15, 0.2) is 18.1 Å². The van der Waals surface area contributed by atoms with Gasteiger partial charge in [0.25, 0.3) is 0 Å². The molecule has 0 radical (unpaired) electrons. The molecule has 0 aromatic heterocycles. The summed E-state index contributed by atoms with van der Waals surface area (Å²) in [5.74, 6) is -1.04. The van der Waals surface area contributed by atoms with Crippen LogP contribution in [0.5, 0.6) is 17.2 Å². The molecule has 12 heteroatoms. The number of benzene rings is 2. The minimum Gasteiger partial charge on any atom is -0.497 e. The molecule has 2 aromatic carbocycles. The Morgan fingerprint density at radius 1 is 0.810 bits per heavy atom. The van der Waals surface area contributed by atoms with E-state index in [1.807, 2.05) is 6.07 Å². The SMILES string of the molecule is CCOC(=O)COc1ccc(/C=C(/C#N)C(=O)OCCOCCC(=O)O/C(C#N)=C\c2ccc(OC)cc2)cc1OC. The molecule has 0 saturated heterocycles. The Kier molecular flexibility index (Phi) is 14.2. The molecule has 2 aromatic rings. The number of methoxy groups -OCH3 is 2. The summed E-state index contributed by atoms with van der Waals surface area (Å²) >= 11 is 0. The second kappa shape index (κ2) is 18.1. The van der Waals surface area contributed by atoms with Crippen LogP contribution in [0.15, 0.2) is 53.8 Å². The van der Waals surface area contributed by atoms with E-state index in [2.05, 4.69) is 0 Å². The molecule has 0 saturated carbocycles. The van der Waals surface area contributed by atoms with Gasteiger partial charge >= 0.3 is 17.9 Å². The molecular weight excluding hydrogens is 548 g/mol. The summed E-state index contributed by atoms with van der Waals surface area (Å²) in [6.45, 7) is 1.36. The van der Waals surface area contributed by atoms with Gasteiger partial charge < -0.3 is 33.2 Å². The fraction of sp³-hybridized carbons (Fsp3) is 0.300. The van der Waals surface area contributed by atoms with Crippen LogP contribution in [0.3, 0.4) is 0 Å². The van der Waals surface area contributed by atoms with Crippen molar-refractivity contribution < 1.29 is 47.5 Å². The predicted molar refractivity (Wildman–Crippen MR) is 148 cm³/mol. The zero-order valence-corrected chi connectivity index (χ0v) is 23.4. The third-order valence-corrected chi connectivity index (χ3v) is 5.15. The quantitative estimate of drug-likeness (QED) is 0.0711. The van der Waals surface area contributed by atoms with Gasteiger partial charge in [-0.1, -0.05) is 18.2 Å². The summed E-state index contributed by atoms with van der Waals surface area (Å²) in [5.41, 5.74) is 0.838. The number of hydrogen-bond donors (Lipinski definition) is 0. The molecule has 0 aliphatic carbocycles. The predicted octanol–water partition coefficient (Wildman–Crippen LogP) is 3.61. The summed E-state index contributed by atoms with van der Waals surface area (Å²) in [5, 5.41) is 18.6. The minimum atomic E-state index is -0.871. The largest absolute Gasteiger partial charge is 0.497 e. The summed E-state index contributed by atoms with van der Waals surface area (Å²) < 4.78 is 35.9. The molecule has 0 aliphatic rings. The van der Waals surface area contributed by atoms with E-state index in [1.54, 1.807) is 43.3 Å². The number of carbonyl (C=O) groups is 3. The average molecular weight is 579 g/mol. The molecule has 0 aliphatic heterocycles. The van der Waals surface area contributed by atoms with Crippen molar-refractivity contribution in [1.82, 2.24) is 0 Å². The van der Waals surface area contributed by atoms with E-state index < -0.39 is 17.9 Å². The molecular formula is C30H30N2O10. The van der Waals surface area contributed by atoms with Gasteiger partial charge in [0, 0.05) is 0 Å². The van der Waals surface area contributed by atoms with Crippen molar-refractivity contribution >= 4 is 30.1 Å². The third kappa shape index (κ3) is 11.4. The van der Waals surface area contributed by atoms with Crippen LogP contribution >= 0.6 is 0 Å². The van der Waals surface area contributed by atoms with E-state index in [0.29, 0.717) is 16.9 Å². The van der Waals surface area contributed by atoms with Gasteiger partial charge in [-0.05, 0) is 54.5 Å². The van der Waals surface area contributed by atoms with Crippen LogP contribution < -0.4 is 14.2 Å². The van der Waals surface area contributed by atoms with Crippen molar-refractivity contribution in [1.29, 1.82) is 10.5 Å². The fourth-order valence-electron chi connectivity index (χ4n) is 3.17. The highest BCUT2D eigenvalue weighted by Crippen LogP contribution is 2.29. The van der Waals surface area contributed by atoms with E-state index in [0.717, 1.165) is 0 Å². The van der Waals surface area contributed by atoms with Crippen LogP contribution in [-0.4, -0.2) is 65.2 Å². The molecule has 12 nitrogen and oxygen atoms in total. The number of carbonyl (C=O) groups excluding carboxylic acids is 3. The highest BCUT2D eigenvalue weighted by molar-refractivity contribution is 5.98. The summed E-state index contributed by atoms with van der Waals surface area (Å²) in [6.07, 6.45) is 2.59. The van der Waals surface area contributed by atoms with Gasteiger partial charge in [0.05, 0.1) is 40.5 Å². The van der Waals surface area contributed by atoms with Crippen molar-refractivity contribution in [3.8, 4) is 29.4 Å². The molecule has 0 fully saturated rings. The maximum atomic E-state index is 12.3. The Morgan fingerprint density at radius 3 is 2.19 bits per heavy atom. The van der Waals surface area contributed by atoms with Crippen LogP contribution in [-0.2, 0) is 33.3 Å². The van der Waals surface area contributed by atoms with E-state index in [1.165, 1.54) is 38.5 Å². The summed E-state index contributed by atoms with van der Waals surface area (Å²) in [4.78, 5) is 35.9. The topological polar surface area (TPSA) is 163 Å². The number of nitriles is 2. The number of esters is 3. The number of nitrogens with zero attached hydrogens (tertiary/aromatic N) is 2. The van der Waals surface area contributed by atoms with Gasteiger partial charge in [0.2, 0.25) is 5.76 Å². The second-order valence-electron chi connectivity index (χ2n) is 8.04. The number of hydrogen-bond acceptors (Lipinski definition) is 12. The highest BCUT2D eigenvalue weighted by atomic mass is 16.6. The first-order chi connectivity index (χ1) is 20.3. The normalized spacial score (nSPS) is 11.0. The van der Waals surface area contributed by atoms with Crippen LogP contribution in [0.2, 0.25) is 0 Å². The van der Waals surface area contributed by atoms with E-state index in [-0.39, 0.29) is 62.3 Å². The highest BCUT2D eigenvalue weighted by Gasteiger charge is 2.14. The smallest absolute Gasteiger partial charge is 0.348 e. The first kappa shape index (κ1) is 32.9. The van der Waals surface area contributed by atoms with Crippen LogP contribution in [0, 0.1) is 22.7 Å². The molecule has 0 bridgehead atoms. The monoisotopic (exact) mass is 578 g/mol. The molecule has 0 heterocycles. The van der Waals surface area contributed by atoms with Crippen molar-refractivity contribution in [2.75, 3.05) is 47.3 Å². The van der Waals surface area contributed by atoms with E-state index in [9.17, 15) is 24.9 Å². The lowest BCUT2D eigenvalue weighted by Crippen LogP contribution is -2.15. The molecule has 0 unspecified atom stereocenters. The van der Waals surface area contributed by atoms with Crippen molar-refractivity contribution in [3.05, 3.63) is 64.9 Å². The Bertz CT molecular complexity index is 1370. The number of allylic oxidation sites excluding steroid dienone is 1. The molecule has 0 N–H and O–H groups in total. The zero-order valence-electron chi connectivity index (χ0n) is 23.4. The van der Waals surface area contributed by atoms with Crippen LogP contribution in [0.4, 0.5) is 0 Å². The summed E-state index contributed by atoms with van der Waals surface area (Å²) in [7, 11) is 2.94. The van der Waals surface area contributed by atoms with Gasteiger partial charge in [-0.25, -0.2) is 9.59 Å². The van der Waals surface area contributed by atoms with Gasteiger partial charge in [-0.15, -0.1) is 0 Å². The first-order valence-electron chi connectivity index (χ1n) is 12.6. The molecule has 2 rings (SSSR count). The lowest BCUT2D eigenvalue weighted by Gasteiger charge is -2.11. The van der Waals surface area contributed by atoms with Gasteiger partial charge in [0.1, 0.15) is 30.1 Å². The maximum Gasteiger partial charge on any atom is 0.348 e. The van der Waals surface area contributed by atoms with Crippen molar-refractivity contribution in [2.24, 2.45) is 0 Å². The van der Waals surface area contributed by atoms with Crippen LogP contribution in [0.25, 0.3) is 12.2 Å². The Balaban J connectivity index is 1.78. The Hall–Kier alpha value is -5.33. The van der Waals surface area contributed by atoms with Crippen LogP contribution in [0.1, 0.15) is 24.5 Å². The molecule has 0 amide bonds. The molecule has 0 spiro atoms. The van der Waals surface area contributed by atoms with E-state index >= 15 is 0 Å². The molecule has 42 heavy (non-hydrogen) atoms. The Labute approximate surface area is 243 Å². The first-order valence-corrected chi connectivity index (χ1v) is 12.6. The minimum absolute atomic E-state index is 0.0369. The maximum absolute atomic E-state index is 12.3. The fourth-order valence-corrected chi connectivity index (χ4v) is 3.17. The van der Waals surface area contributed by atoms with Crippen molar-refractivity contribution in [3.63, 3.8) is 0 Å². The molecule has 220 valence electrons. The standard InChI is InChI=1S/C30H30N2O10/c1-4-39-29(34)20-41-26-10-7-22(17-27(26)37-3)15-23(18-31)30(35)40-14-13-38-12-11-28(33)42-25(19-32)16-21-5-8-24(36-2)9-6-21/h5-10,15-17H,4,11-14,20H2,1-3H3/b23-15-,25-16-. The average Bonchev–Trinajstić information content (AvgIpc) is 3.00. The molecule has 0 atom stereocenters. The zero-order chi connectivity index (χ0) is 30.7. The number of ether oxygens (including phenoxy) is 7. The second-order valence-corrected chi connectivity index (χ2v) is 8.04. The lowest BCUT2D eigenvalue weighted by atomic mass is 10.1. The Morgan fingerprint density at radius 2 is 1.55 bits per heavy atom. The van der Waals surface area contributed by atoms with Gasteiger partial charge in [-0.2, -0.15) is 10.5 Å². The third-order valence-electron chi connectivity index (χ3n) is 5.15. The number of rotatable bonds is 16. The van der Waals surface area contributed by atoms with Crippen molar-refractivity contribution in [2.45, 2.75) is 13.3 Å². The lowest BCUT2D eigenvalue weighted by molar-refractivity contribution is -0.145.